The van der Waals surface area contributed by atoms with Crippen LogP contribution in [0.1, 0.15) is 17.5 Å². The molecule has 15 heavy (non-hydrogen) atoms. The van der Waals surface area contributed by atoms with E-state index in [-0.39, 0.29) is 0 Å². The van der Waals surface area contributed by atoms with Crippen molar-refractivity contribution in [2.24, 2.45) is 0 Å². The third-order valence-electron chi connectivity index (χ3n) is 2.41. The zero-order valence-corrected chi connectivity index (χ0v) is 9.26. The monoisotopic (exact) mass is 220 g/mol. The number of halogens is 1. The molecule has 0 radical (unpaired) electrons. The van der Waals surface area contributed by atoms with Crippen LogP contribution in [-0.2, 0) is 11.2 Å². The zero-order valence-electron chi connectivity index (χ0n) is 8.50. The second kappa shape index (κ2) is 4.54. The van der Waals surface area contributed by atoms with Gasteiger partial charge in [0.25, 0.3) is 0 Å². The summed E-state index contributed by atoms with van der Waals surface area (Å²) in [4.78, 5) is 0. The number of fused-ring (bicyclic) bond motifs is 1. The minimum absolute atomic E-state index is 0.377. The Morgan fingerprint density at radius 3 is 3.00 bits per heavy atom. The lowest BCUT2D eigenvalue weighted by Crippen LogP contribution is -2.03. The molecule has 1 nitrogen and oxygen atoms in total. The molecule has 0 N–H and O–H groups in total. The molecule has 0 unspecified atom stereocenters. The first-order valence-electron chi connectivity index (χ1n) is 5.02. The standard InChI is InChI=1S/C13H13ClO/c1-10(14)9-15-13-8-4-6-11-5-2-3-7-12(11)13/h2-3,5,7-8H,1,4,6,9H2. The van der Waals surface area contributed by atoms with Gasteiger partial charge >= 0.3 is 0 Å². The van der Waals surface area contributed by atoms with Gasteiger partial charge in [0.1, 0.15) is 12.4 Å². The molecule has 1 aliphatic rings. The van der Waals surface area contributed by atoms with Gasteiger partial charge in [-0.15, -0.1) is 0 Å². The van der Waals surface area contributed by atoms with Gasteiger partial charge in [0.15, 0.2) is 0 Å². The summed E-state index contributed by atoms with van der Waals surface area (Å²) in [6.07, 6.45) is 4.23. The van der Waals surface area contributed by atoms with Gasteiger partial charge in [-0.2, -0.15) is 0 Å². The summed E-state index contributed by atoms with van der Waals surface area (Å²) in [5.74, 6) is 0.929. The highest BCUT2D eigenvalue weighted by molar-refractivity contribution is 6.29. The molecule has 0 fully saturated rings. The van der Waals surface area contributed by atoms with Gasteiger partial charge in [-0.05, 0) is 24.5 Å². The maximum Gasteiger partial charge on any atom is 0.123 e. The van der Waals surface area contributed by atoms with E-state index in [1.54, 1.807) is 0 Å². The van der Waals surface area contributed by atoms with Gasteiger partial charge in [0.05, 0.1) is 0 Å². The van der Waals surface area contributed by atoms with E-state index in [0.29, 0.717) is 11.6 Å². The van der Waals surface area contributed by atoms with E-state index in [9.17, 15) is 0 Å². The second-order valence-corrected chi connectivity index (χ2v) is 4.10. The molecule has 2 rings (SSSR count). The Balaban J connectivity index is 2.19. The molecular weight excluding hydrogens is 208 g/mol. The fourth-order valence-corrected chi connectivity index (χ4v) is 1.79. The van der Waals surface area contributed by atoms with Crippen molar-refractivity contribution in [1.82, 2.24) is 0 Å². The van der Waals surface area contributed by atoms with Crippen molar-refractivity contribution in [3.63, 3.8) is 0 Å². The van der Waals surface area contributed by atoms with E-state index in [1.807, 2.05) is 6.07 Å². The lowest BCUT2D eigenvalue weighted by molar-refractivity contribution is 0.314. The first-order chi connectivity index (χ1) is 7.27. The lowest BCUT2D eigenvalue weighted by Gasteiger charge is -2.17. The fraction of sp³-hybridized carbons (Fsp3) is 0.231. The van der Waals surface area contributed by atoms with Crippen LogP contribution in [0.25, 0.3) is 5.76 Å². The summed E-state index contributed by atoms with van der Waals surface area (Å²) in [5.41, 5.74) is 2.52. The minimum atomic E-state index is 0.377. The largest absolute Gasteiger partial charge is 0.488 e. The molecule has 0 aromatic heterocycles. The van der Waals surface area contributed by atoms with Crippen LogP contribution >= 0.6 is 11.6 Å². The first kappa shape index (κ1) is 10.3. The summed E-state index contributed by atoms with van der Waals surface area (Å²) in [5, 5.41) is 0.527. The SMILES string of the molecule is C=C(Cl)COC1=CCCc2ccccc21. The van der Waals surface area contributed by atoms with Crippen molar-refractivity contribution < 1.29 is 4.74 Å². The third kappa shape index (κ3) is 2.42. The van der Waals surface area contributed by atoms with Crippen LogP contribution in [-0.4, -0.2) is 6.61 Å². The molecule has 0 aliphatic heterocycles. The Kier molecular flexibility index (Phi) is 3.12. The first-order valence-corrected chi connectivity index (χ1v) is 5.39. The molecule has 0 heterocycles. The number of ether oxygens (including phenoxy) is 1. The van der Waals surface area contributed by atoms with E-state index in [1.165, 1.54) is 11.1 Å². The van der Waals surface area contributed by atoms with Crippen molar-refractivity contribution in [3.8, 4) is 0 Å². The Bertz CT molecular complexity index is 407. The van der Waals surface area contributed by atoms with Gasteiger partial charge in [-0.25, -0.2) is 0 Å². The number of allylic oxidation sites excluding steroid dienone is 1. The molecule has 1 aromatic rings. The molecule has 1 aromatic carbocycles. The maximum absolute atomic E-state index is 5.68. The highest BCUT2D eigenvalue weighted by Gasteiger charge is 2.12. The minimum Gasteiger partial charge on any atom is -0.488 e. The van der Waals surface area contributed by atoms with Crippen LogP contribution in [0.15, 0.2) is 42.0 Å². The van der Waals surface area contributed by atoms with Crippen LogP contribution in [0.3, 0.4) is 0 Å². The van der Waals surface area contributed by atoms with Crippen LogP contribution in [0.2, 0.25) is 0 Å². The van der Waals surface area contributed by atoms with Crippen molar-refractivity contribution in [2.45, 2.75) is 12.8 Å². The predicted molar refractivity (Wildman–Crippen MR) is 63.7 cm³/mol. The van der Waals surface area contributed by atoms with Crippen LogP contribution < -0.4 is 0 Å². The van der Waals surface area contributed by atoms with Gasteiger partial charge < -0.3 is 4.74 Å². The summed E-state index contributed by atoms with van der Waals surface area (Å²) < 4.78 is 5.60. The van der Waals surface area contributed by atoms with Crippen LogP contribution in [0.5, 0.6) is 0 Å². The molecule has 78 valence electrons. The summed E-state index contributed by atoms with van der Waals surface area (Å²) in [6, 6.07) is 8.30. The van der Waals surface area contributed by atoms with Gasteiger partial charge in [-0.3, -0.25) is 0 Å². The highest BCUT2D eigenvalue weighted by atomic mass is 35.5. The van der Waals surface area contributed by atoms with E-state index < -0.39 is 0 Å². The molecule has 0 spiro atoms. The average molecular weight is 221 g/mol. The molecular formula is C13H13ClO. The average Bonchev–Trinajstić information content (AvgIpc) is 2.26. The molecule has 0 saturated carbocycles. The number of rotatable bonds is 3. The van der Waals surface area contributed by atoms with Gasteiger partial charge in [-0.1, -0.05) is 42.4 Å². The van der Waals surface area contributed by atoms with Crippen LogP contribution in [0, 0.1) is 0 Å². The molecule has 0 amide bonds. The topological polar surface area (TPSA) is 9.23 Å². The predicted octanol–water partition coefficient (Wildman–Crippen LogP) is 3.74. The summed E-state index contributed by atoms with van der Waals surface area (Å²) in [6.45, 7) is 3.99. The lowest BCUT2D eigenvalue weighted by atomic mass is 9.96. The zero-order chi connectivity index (χ0) is 10.7. The van der Waals surface area contributed by atoms with Crippen LogP contribution in [0.4, 0.5) is 0 Å². The normalized spacial score (nSPS) is 14.1. The second-order valence-electron chi connectivity index (χ2n) is 3.57. The van der Waals surface area contributed by atoms with E-state index in [4.69, 9.17) is 16.3 Å². The number of benzene rings is 1. The third-order valence-corrected chi connectivity index (χ3v) is 2.52. The van der Waals surface area contributed by atoms with Gasteiger partial charge in [0.2, 0.25) is 0 Å². The van der Waals surface area contributed by atoms with E-state index >= 15 is 0 Å². The van der Waals surface area contributed by atoms with Crippen molar-refractivity contribution in [2.75, 3.05) is 6.61 Å². The Labute approximate surface area is 95.0 Å². The number of hydrogen-bond acceptors (Lipinski definition) is 1. The highest BCUT2D eigenvalue weighted by Crippen LogP contribution is 2.27. The molecule has 0 saturated heterocycles. The fourth-order valence-electron chi connectivity index (χ4n) is 1.74. The Hall–Kier alpha value is -1.21. The maximum atomic E-state index is 5.68. The Morgan fingerprint density at radius 2 is 2.20 bits per heavy atom. The molecule has 0 bridgehead atoms. The van der Waals surface area contributed by atoms with E-state index in [2.05, 4.69) is 30.9 Å². The smallest absolute Gasteiger partial charge is 0.123 e. The van der Waals surface area contributed by atoms with E-state index in [0.717, 1.165) is 18.6 Å². The summed E-state index contributed by atoms with van der Waals surface area (Å²) in [7, 11) is 0. The number of hydrogen-bond donors (Lipinski definition) is 0. The number of aryl methyl sites for hydroxylation is 1. The summed E-state index contributed by atoms with van der Waals surface area (Å²) >= 11 is 5.68. The van der Waals surface area contributed by atoms with Crippen molar-refractivity contribution >= 4 is 17.4 Å². The molecule has 0 atom stereocenters. The quantitative estimate of drug-likeness (QED) is 0.754. The molecule has 2 heteroatoms. The Morgan fingerprint density at radius 1 is 1.40 bits per heavy atom. The van der Waals surface area contributed by atoms with Gasteiger partial charge in [0, 0.05) is 10.6 Å². The van der Waals surface area contributed by atoms with Crippen molar-refractivity contribution in [1.29, 1.82) is 0 Å². The van der Waals surface area contributed by atoms with Crippen molar-refractivity contribution in [3.05, 3.63) is 53.1 Å². The molecule has 1 aliphatic carbocycles.